The molecule has 4 heteroatoms. The smallest absolute Gasteiger partial charge is 0.336 e. The van der Waals surface area contributed by atoms with Crippen LogP contribution in [0.3, 0.4) is 0 Å². The molecule has 64 valence electrons. The summed E-state index contributed by atoms with van der Waals surface area (Å²) in [6.45, 7) is 0. The van der Waals surface area contributed by atoms with Gasteiger partial charge in [-0.2, -0.15) is 11.8 Å². The van der Waals surface area contributed by atoms with E-state index < -0.39 is 11.6 Å². The summed E-state index contributed by atoms with van der Waals surface area (Å²) in [5, 5.41) is 8.85. The molecule has 0 aromatic rings. The minimum absolute atomic E-state index is 0.628. The van der Waals surface area contributed by atoms with Gasteiger partial charge in [0.25, 0.3) is 0 Å². The molecule has 1 N–H and O–H groups in total. The molecule has 1 rings (SSSR count). The zero-order valence-electron chi connectivity index (χ0n) is 6.50. The van der Waals surface area contributed by atoms with E-state index in [1.165, 1.54) is 7.11 Å². The SMILES string of the molecule is COC1(C(=O)O)CCSCC1. The highest BCUT2D eigenvalue weighted by Gasteiger charge is 2.39. The van der Waals surface area contributed by atoms with Crippen LogP contribution in [0.2, 0.25) is 0 Å². The second kappa shape index (κ2) is 3.45. The average molecular weight is 176 g/mol. The zero-order valence-corrected chi connectivity index (χ0v) is 7.32. The van der Waals surface area contributed by atoms with Crippen molar-refractivity contribution in [2.75, 3.05) is 18.6 Å². The second-order valence-corrected chi connectivity index (χ2v) is 3.84. The first kappa shape index (κ1) is 8.87. The summed E-state index contributed by atoms with van der Waals surface area (Å²) in [7, 11) is 1.48. The van der Waals surface area contributed by atoms with E-state index >= 15 is 0 Å². The van der Waals surface area contributed by atoms with Crippen LogP contribution in [0, 0.1) is 0 Å². The third-order valence-corrected chi connectivity index (χ3v) is 3.07. The van der Waals surface area contributed by atoms with Gasteiger partial charge in [0.15, 0.2) is 5.60 Å². The summed E-state index contributed by atoms with van der Waals surface area (Å²) in [4.78, 5) is 10.8. The molecule has 0 aromatic heterocycles. The van der Waals surface area contributed by atoms with Gasteiger partial charge in [-0.1, -0.05) is 0 Å². The highest BCUT2D eigenvalue weighted by Crippen LogP contribution is 2.29. The number of carboxylic acid groups (broad SMARTS) is 1. The molecule has 1 heterocycles. The monoisotopic (exact) mass is 176 g/mol. The van der Waals surface area contributed by atoms with Crippen molar-refractivity contribution in [2.45, 2.75) is 18.4 Å². The van der Waals surface area contributed by atoms with Gasteiger partial charge in [-0.25, -0.2) is 4.79 Å². The molecule has 0 aliphatic carbocycles. The molecule has 0 unspecified atom stereocenters. The second-order valence-electron chi connectivity index (χ2n) is 2.62. The van der Waals surface area contributed by atoms with Crippen molar-refractivity contribution in [3.05, 3.63) is 0 Å². The summed E-state index contributed by atoms with van der Waals surface area (Å²) in [5.41, 5.74) is -0.884. The number of ether oxygens (including phenoxy) is 1. The fourth-order valence-electron chi connectivity index (χ4n) is 1.21. The van der Waals surface area contributed by atoms with Crippen molar-refractivity contribution < 1.29 is 14.6 Å². The molecule has 0 atom stereocenters. The predicted molar refractivity (Wildman–Crippen MR) is 43.9 cm³/mol. The molecule has 1 aliphatic rings. The number of methoxy groups -OCH3 is 1. The Labute approximate surface area is 70.1 Å². The Balaban J connectivity index is 2.64. The van der Waals surface area contributed by atoms with Gasteiger partial charge in [0.1, 0.15) is 0 Å². The van der Waals surface area contributed by atoms with E-state index in [9.17, 15) is 4.79 Å². The lowest BCUT2D eigenvalue weighted by molar-refractivity contribution is -0.163. The Morgan fingerprint density at radius 1 is 1.55 bits per heavy atom. The fourth-order valence-corrected chi connectivity index (χ4v) is 2.36. The first-order valence-corrected chi connectivity index (χ1v) is 4.73. The standard InChI is InChI=1S/C7H12O3S/c1-10-7(6(8)9)2-4-11-5-3-7/h2-5H2,1H3,(H,8,9). The van der Waals surface area contributed by atoms with Gasteiger partial charge in [0.2, 0.25) is 0 Å². The number of hydrogen-bond donors (Lipinski definition) is 1. The molecule has 1 fully saturated rings. The molecule has 0 radical (unpaired) electrons. The van der Waals surface area contributed by atoms with Crippen LogP contribution >= 0.6 is 11.8 Å². The number of rotatable bonds is 2. The van der Waals surface area contributed by atoms with Gasteiger partial charge < -0.3 is 9.84 Å². The van der Waals surface area contributed by atoms with Crippen LogP contribution in [0.25, 0.3) is 0 Å². The maximum Gasteiger partial charge on any atom is 0.336 e. The molecule has 1 saturated heterocycles. The lowest BCUT2D eigenvalue weighted by Gasteiger charge is -2.31. The number of aliphatic carboxylic acids is 1. The largest absolute Gasteiger partial charge is 0.479 e. The van der Waals surface area contributed by atoms with Crippen LogP contribution in [-0.2, 0) is 9.53 Å². The minimum atomic E-state index is -0.884. The summed E-state index contributed by atoms with van der Waals surface area (Å²) >= 11 is 1.79. The van der Waals surface area contributed by atoms with Crippen LogP contribution in [0.5, 0.6) is 0 Å². The minimum Gasteiger partial charge on any atom is -0.479 e. The fraction of sp³-hybridized carbons (Fsp3) is 0.857. The number of thioether (sulfide) groups is 1. The Morgan fingerprint density at radius 3 is 2.36 bits per heavy atom. The lowest BCUT2D eigenvalue weighted by Crippen LogP contribution is -2.43. The summed E-state index contributed by atoms with van der Waals surface area (Å²) < 4.78 is 5.03. The number of carbonyl (C=O) groups is 1. The molecule has 0 saturated carbocycles. The van der Waals surface area contributed by atoms with E-state index in [0.717, 1.165) is 11.5 Å². The molecule has 0 spiro atoms. The van der Waals surface area contributed by atoms with Gasteiger partial charge >= 0.3 is 5.97 Å². The first-order chi connectivity index (χ1) is 5.21. The van der Waals surface area contributed by atoms with Crippen LogP contribution in [0.4, 0.5) is 0 Å². The van der Waals surface area contributed by atoms with E-state index in [2.05, 4.69) is 0 Å². The van der Waals surface area contributed by atoms with Crippen molar-refractivity contribution in [3.8, 4) is 0 Å². The molecule has 3 nitrogen and oxygen atoms in total. The number of carboxylic acids is 1. The van der Waals surface area contributed by atoms with Crippen LogP contribution in [-0.4, -0.2) is 35.3 Å². The maximum atomic E-state index is 10.8. The van der Waals surface area contributed by atoms with Crippen molar-refractivity contribution in [1.82, 2.24) is 0 Å². The maximum absolute atomic E-state index is 10.8. The van der Waals surface area contributed by atoms with Gasteiger partial charge in [0.05, 0.1) is 0 Å². The highest BCUT2D eigenvalue weighted by atomic mass is 32.2. The van der Waals surface area contributed by atoms with Crippen LogP contribution in [0.1, 0.15) is 12.8 Å². The molecule has 11 heavy (non-hydrogen) atoms. The van der Waals surface area contributed by atoms with E-state index in [4.69, 9.17) is 9.84 Å². The third kappa shape index (κ3) is 1.68. The van der Waals surface area contributed by atoms with E-state index in [-0.39, 0.29) is 0 Å². The van der Waals surface area contributed by atoms with Gasteiger partial charge in [-0.05, 0) is 24.3 Å². The molecule has 0 bridgehead atoms. The average Bonchev–Trinajstić information content (AvgIpc) is 2.05. The third-order valence-electron chi connectivity index (χ3n) is 2.08. The van der Waals surface area contributed by atoms with Gasteiger partial charge in [0, 0.05) is 7.11 Å². The molecule has 0 aromatic carbocycles. The topological polar surface area (TPSA) is 46.5 Å². The normalized spacial score (nSPS) is 23.0. The first-order valence-electron chi connectivity index (χ1n) is 3.57. The van der Waals surface area contributed by atoms with Crippen molar-refractivity contribution in [2.24, 2.45) is 0 Å². The lowest BCUT2D eigenvalue weighted by atomic mass is 9.97. The Hall–Kier alpha value is -0.220. The summed E-state index contributed by atoms with van der Waals surface area (Å²) in [6.07, 6.45) is 1.26. The molecular weight excluding hydrogens is 164 g/mol. The predicted octanol–water partition coefficient (Wildman–Crippen LogP) is 0.983. The van der Waals surface area contributed by atoms with E-state index in [1.807, 2.05) is 0 Å². The Kier molecular flexibility index (Phi) is 2.78. The van der Waals surface area contributed by atoms with E-state index in [0.29, 0.717) is 12.8 Å². The molecule has 0 amide bonds. The van der Waals surface area contributed by atoms with Crippen LogP contribution in [0.15, 0.2) is 0 Å². The van der Waals surface area contributed by atoms with E-state index in [1.54, 1.807) is 11.8 Å². The van der Waals surface area contributed by atoms with Crippen molar-refractivity contribution >= 4 is 17.7 Å². The summed E-state index contributed by atoms with van der Waals surface area (Å²) in [6, 6.07) is 0. The summed E-state index contributed by atoms with van der Waals surface area (Å²) in [5.74, 6) is 0.959. The molecular formula is C7H12O3S. The Morgan fingerprint density at radius 2 is 2.09 bits per heavy atom. The van der Waals surface area contributed by atoms with Crippen LogP contribution < -0.4 is 0 Å². The highest BCUT2D eigenvalue weighted by molar-refractivity contribution is 7.99. The quantitative estimate of drug-likeness (QED) is 0.681. The van der Waals surface area contributed by atoms with Gasteiger partial charge in [-0.15, -0.1) is 0 Å². The van der Waals surface area contributed by atoms with Crippen molar-refractivity contribution in [1.29, 1.82) is 0 Å². The molecule has 1 aliphatic heterocycles. The Bertz CT molecular complexity index is 152. The van der Waals surface area contributed by atoms with Gasteiger partial charge in [-0.3, -0.25) is 0 Å². The number of hydrogen-bond acceptors (Lipinski definition) is 3. The zero-order chi connectivity index (χ0) is 8.32. The van der Waals surface area contributed by atoms with Crippen molar-refractivity contribution in [3.63, 3.8) is 0 Å².